The fourth-order valence-electron chi connectivity index (χ4n) is 1.63. The predicted molar refractivity (Wildman–Crippen MR) is 59.3 cm³/mol. The summed E-state index contributed by atoms with van der Waals surface area (Å²) in [6, 6.07) is 8.36. The van der Waals surface area contributed by atoms with Crippen molar-refractivity contribution < 1.29 is 4.74 Å². The molecule has 2 aliphatic rings. The van der Waals surface area contributed by atoms with Gasteiger partial charge in [-0.3, -0.25) is 0 Å². The Bertz CT molecular complexity index is 469. The van der Waals surface area contributed by atoms with Crippen molar-refractivity contribution in [2.24, 2.45) is 0 Å². The van der Waals surface area contributed by atoms with Gasteiger partial charge in [-0.05, 0) is 0 Å². The molecule has 2 heteroatoms. The Kier molecular flexibility index (Phi) is 1.92. The zero-order chi connectivity index (χ0) is 9.38. The Morgan fingerprint density at radius 1 is 1.21 bits per heavy atom. The van der Waals surface area contributed by atoms with E-state index in [1.807, 2.05) is 6.07 Å². The minimum atomic E-state index is 0.158. The molecule has 0 fully saturated rings. The maximum atomic E-state index is 5.83. The third-order valence-electron chi connectivity index (χ3n) is 2.32. The van der Waals surface area contributed by atoms with Crippen molar-refractivity contribution in [1.82, 2.24) is 0 Å². The molecule has 0 N–H and O–H groups in total. The summed E-state index contributed by atoms with van der Waals surface area (Å²) < 4.78 is 8.72. The minimum absolute atomic E-state index is 0.158. The molecule has 68 valence electrons. The first-order valence-electron chi connectivity index (χ1n) is 4.65. The van der Waals surface area contributed by atoms with Gasteiger partial charge in [-0.15, -0.1) is 0 Å². The molecular formula is C12H9AsO. The molecule has 1 aliphatic heterocycles. The molecule has 3 rings (SSSR count). The molecule has 1 aromatic carbocycles. The summed E-state index contributed by atoms with van der Waals surface area (Å²) >= 11 is 0.158. The van der Waals surface area contributed by atoms with Crippen LogP contribution < -0.4 is 9.09 Å². The summed E-state index contributed by atoms with van der Waals surface area (Å²) in [6.45, 7) is 0. The summed E-state index contributed by atoms with van der Waals surface area (Å²) in [4.78, 5) is 0. The first kappa shape index (κ1) is 8.25. The van der Waals surface area contributed by atoms with Crippen LogP contribution in [-0.2, 0) is 0 Å². The molecule has 0 aromatic heterocycles. The summed E-state index contributed by atoms with van der Waals surface area (Å²) in [6.07, 6.45) is 7.42. The van der Waals surface area contributed by atoms with Gasteiger partial charge in [0.05, 0.1) is 0 Å². The van der Waals surface area contributed by atoms with Crippen LogP contribution in [-0.4, -0.2) is 19.6 Å². The monoisotopic (exact) mass is 244 g/mol. The first-order chi connectivity index (χ1) is 6.93. The number of hydrogen-bond donors (Lipinski definition) is 0. The Labute approximate surface area is 89.3 Å². The van der Waals surface area contributed by atoms with Gasteiger partial charge < -0.3 is 0 Å². The van der Waals surface area contributed by atoms with Crippen molar-refractivity contribution in [1.29, 1.82) is 0 Å². The van der Waals surface area contributed by atoms with Crippen LogP contribution in [0.25, 0.3) is 0 Å². The molecule has 14 heavy (non-hydrogen) atoms. The van der Waals surface area contributed by atoms with Crippen molar-refractivity contribution in [2.75, 3.05) is 0 Å². The van der Waals surface area contributed by atoms with Gasteiger partial charge in [0.15, 0.2) is 0 Å². The molecule has 0 spiro atoms. The molecule has 1 heterocycles. The molecule has 1 aliphatic carbocycles. The van der Waals surface area contributed by atoms with E-state index >= 15 is 0 Å². The van der Waals surface area contributed by atoms with Gasteiger partial charge in [-0.2, -0.15) is 0 Å². The summed E-state index contributed by atoms with van der Waals surface area (Å²) in [5.74, 6) is 2.14. The van der Waals surface area contributed by atoms with Gasteiger partial charge in [0, 0.05) is 0 Å². The van der Waals surface area contributed by atoms with Gasteiger partial charge in [-0.1, -0.05) is 0 Å². The standard InChI is InChI=1S/C12H9AsO/c1-3-7-11-9(5-1)13-10-6-2-4-8-12(10)14-11/h1-5,7-8H,6H2. The number of ether oxygens (including phenoxy) is 1. The molecular weight excluding hydrogens is 235 g/mol. The number of benzene rings is 1. The number of para-hydroxylation sites is 1. The van der Waals surface area contributed by atoms with Gasteiger partial charge in [-0.25, -0.2) is 0 Å². The van der Waals surface area contributed by atoms with Crippen LogP contribution in [0.3, 0.4) is 0 Å². The Hall–Kier alpha value is -1.07. The summed E-state index contributed by atoms with van der Waals surface area (Å²) in [7, 11) is 0. The van der Waals surface area contributed by atoms with Gasteiger partial charge >= 0.3 is 89.1 Å². The molecule has 0 atom stereocenters. The normalized spacial score (nSPS) is 18.6. The quantitative estimate of drug-likeness (QED) is 0.627. The second-order valence-electron chi connectivity index (χ2n) is 3.29. The Morgan fingerprint density at radius 2 is 2.14 bits per heavy atom. The summed E-state index contributed by atoms with van der Waals surface area (Å²) in [5.41, 5.74) is 0. The van der Waals surface area contributed by atoms with Gasteiger partial charge in [0.2, 0.25) is 0 Å². The van der Waals surface area contributed by atoms with Crippen molar-refractivity contribution in [3.8, 4) is 5.75 Å². The average molecular weight is 244 g/mol. The zero-order valence-corrected chi connectivity index (χ0v) is 9.48. The molecule has 1 nitrogen and oxygen atoms in total. The Morgan fingerprint density at radius 3 is 3.14 bits per heavy atom. The van der Waals surface area contributed by atoms with E-state index in [1.165, 1.54) is 8.66 Å². The van der Waals surface area contributed by atoms with E-state index in [2.05, 4.69) is 36.4 Å². The van der Waals surface area contributed by atoms with E-state index < -0.39 is 0 Å². The van der Waals surface area contributed by atoms with Crippen LogP contribution in [0.15, 0.2) is 48.3 Å². The third-order valence-corrected chi connectivity index (χ3v) is 5.01. The number of fused-ring (bicyclic) bond motifs is 2. The molecule has 0 amide bonds. The van der Waals surface area contributed by atoms with E-state index in [0.29, 0.717) is 0 Å². The predicted octanol–water partition coefficient (Wildman–Crippen LogP) is 1.42. The molecule has 0 unspecified atom stereocenters. The van der Waals surface area contributed by atoms with E-state index in [0.717, 1.165) is 17.9 Å². The molecule has 1 aromatic rings. The molecule has 0 saturated carbocycles. The van der Waals surface area contributed by atoms with E-state index in [1.54, 1.807) is 0 Å². The van der Waals surface area contributed by atoms with E-state index in [-0.39, 0.29) is 15.3 Å². The third kappa shape index (κ3) is 1.29. The SMILES string of the molecule is C1=CCC2=[As]c3ccccc3OC2=C1. The molecule has 0 saturated heterocycles. The van der Waals surface area contributed by atoms with Crippen LogP contribution in [0, 0.1) is 0 Å². The number of hydrogen-bond acceptors (Lipinski definition) is 1. The fourth-order valence-corrected chi connectivity index (χ4v) is 3.95. The number of allylic oxidation sites excluding steroid dienone is 4. The van der Waals surface area contributed by atoms with E-state index in [4.69, 9.17) is 4.74 Å². The first-order valence-corrected chi connectivity index (χ1v) is 6.53. The molecule has 0 radical (unpaired) electrons. The zero-order valence-electron chi connectivity index (χ0n) is 7.60. The second kappa shape index (κ2) is 3.25. The van der Waals surface area contributed by atoms with Crippen molar-refractivity contribution in [3.05, 3.63) is 48.3 Å². The summed E-state index contributed by atoms with van der Waals surface area (Å²) in [5, 5.41) is 0. The number of rotatable bonds is 0. The van der Waals surface area contributed by atoms with Crippen LogP contribution in [0.2, 0.25) is 0 Å². The fraction of sp³-hybridized carbons (Fsp3) is 0.0833. The maximum absolute atomic E-state index is 5.83. The topological polar surface area (TPSA) is 9.23 Å². The average Bonchev–Trinajstić information content (AvgIpc) is 2.26. The van der Waals surface area contributed by atoms with Crippen molar-refractivity contribution in [3.63, 3.8) is 0 Å². The van der Waals surface area contributed by atoms with Crippen LogP contribution in [0.5, 0.6) is 5.75 Å². The second-order valence-corrected chi connectivity index (χ2v) is 5.90. The van der Waals surface area contributed by atoms with Crippen LogP contribution in [0.4, 0.5) is 0 Å². The van der Waals surface area contributed by atoms with Crippen molar-refractivity contribution >= 4 is 24.0 Å². The van der Waals surface area contributed by atoms with Gasteiger partial charge in [0.25, 0.3) is 0 Å². The van der Waals surface area contributed by atoms with Crippen LogP contribution >= 0.6 is 0 Å². The van der Waals surface area contributed by atoms with E-state index in [9.17, 15) is 0 Å². The van der Waals surface area contributed by atoms with Crippen molar-refractivity contribution in [2.45, 2.75) is 6.42 Å². The Balaban J connectivity index is 2.15. The van der Waals surface area contributed by atoms with Gasteiger partial charge in [0.1, 0.15) is 0 Å². The van der Waals surface area contributed by atoms with Crippen LogP contribution in [0.1, 0.15) is 6.42 Å². The molecule has 0 bridgehead atoms.